The third-order valence-electron chi connectivity index (χ3n) is 5.48. The van der Waals surface area contributed by atoms with E-state index in [4.69, 9.17) is 11.6 Å². The van der Waals surface area contributed by atoms with Gasteiger partial charge >= 0.3 is 0 Å². The fourth-order valence-electron chi connectivity index (χ4n) is 3.55. The number of sulfonamides is 2. The molecular formula is C26H23ClN4O5S2. The second-order valence-corrected chi connectivity index (χ2v) is 12.1. The zero-order valence-corrected chi connectivity index (χ0v) is 22.4. The Kier molecular flexibility index (Phi) is 8.12. The van der Waals surface area contributed by atoms with E-state index in [0.717, 1.165) is 0 Å². The third kappa shape index (κ3) is 6.56. The Morgan fingerprint density at radius 3 is 2.16 bits per heavy atom. The molecule has 0 radical (unpaired) electrons. The standard InChI is InChI=1S/C26H23ClN4O5S2/c1-18-4-2-6-24(31-38(35,36)23-11-7-20(27)8-12-23)25(18)26(32)30-21-9-13-22(14-10-21)37(33,34)29-17-19-5-3-15-28-16-19/h2-16,29,31H,17H2,1H3,(H,30,32). The van der Waals surface area contributed by atoms with Crippen LogP contribution >= 0.6 is 11.6 Å². The molecule has 1 amide bonds. The normalized spacial score (nSPS) is 11.6. The van der Waals surface area contributed by atoms with Gasteiger partial charge in [-0.05, 0) is 78.7 Å². The van der Waals surface area contributed by atoms with Crippen molar-refractivity contribution in [3.8, 4) is 0 Å². The van der Waals surface area contributed by atoms with Crippen LogP contribution in [0.5, 0.6) is 0 Å². The van der Waals surface area contributed by atoms with Gasteiger partial charge in [0.05, 0.1) is 21.0 Å². The van der Waals surface area contributed by atoms with Crippen molar-refractivity contribution in [3.05, 3.63) is 113 Å². The summed E-state index contributed by atoms with van der Waals surface area (Å²) in [5, 5.41) is 3.09. The number of pyridine rings is 1. The molecule has 9 nitrogen and oxygen atoms in total. The minimum absolute atomic E-state index is 0.0105. The zero-order valence-electron chi connectivity index (χ0n) is 20.1. The van der Waals surface area contributed by atoms with Gasteiger partial charge in [-0.2, -0.15) is 0 Å². The Balaban J connectivity index is 1.50. The van der Waals surface area contributed by atoms with Crippen LogP contribution in [0.4, 0.5) is 11.4 Å². The number of amides is 1. The number of aromatic nitrogens is 1. The minimum Gasteiger partial charge on any atom is -0.322 e. The van der Waals surface area contributed by atoms with E-state index < -0.39 is 26.0 Å². The van der Waals surface area contributed by atoms with Crippen molar-refractivity contribution >= 4 is 48.9 Å². The van der Waals surface area contributed by atoms with Crippen LogP contribution in [-0.2, 0) is 26.6 Å². The molecule has 196 valence electrons. The summed E-state index contributed by atoms with van der Waals surface area (Å²) in [6.45, 7) is 1.76. The second-order valence-electron chi connectivity index (χ2n) is 8.22. The Hall–Kier alpha value is -3.77. The lowest BCUT2D eigenvalue weighted by Crippen LogP contribution is -2.23. The van der Waals surface area contributed by atoms with Crippen LogP contribution in [0.25, 0.3) is 0 Å². The monoisotopic (exact) mass is 570 g/mol. The number of halogens is 1. The van der Waals surface area contributed by atoms with E-state index >= 15 is 0 Å². The number of hydrogen-bond donors (Lipinski definition) is 3. The molecule has 4 rings (SSSR count). The van der Waals surface area contributed by atoms with Gasteiger partial charge in [0, 0.05) is 29.6 Å². The van der Waals surface area contributed by atoms with E-state index in [9.17, 15) is 21.6 Å². The van der Waals surface area contributed by atoms with Crippen molar-refractivity contribution in [1.82, 2.24) is 9.71 Å². The first kappa shape index (κ1) is 27.3. The highest BCUT2D eigenvalue weighted by atomic mass is 35.5. The molecule has 0 atom stereocenters. The van der Waals surface area contributed by atoms with Crippen LogP contribution < -0.4 is 14.8 Å². The van der Waals surface area contributed by atoms with Crippen molar-refractivity contribution < 1.29 is 21.6 Å². The maximum atomic E-state index is 13.2. The van der Waals surface area contributed by atoms with Crippen LogP contribution in [-0.4, -0.2) is 27.7 Å². The summed E-state index contributed by atoms with van der Waals surface area (Å²) in [7, 11) is -7.78. The molecule has 12 heteroatoms. The lowest BCUT2D eigenvalue weighted by Gasteiger charge is -2.15. The number of anilines is 2. The van der Waals surface area contributed by atoms with Crippen molar-refractivity contribution in [1.29, 1.82) is 0 Å². The van der Waals surface area contributed by atoms with Gasteiger partial charge in [-0.1, -0.05) is 29.8 Å². The van der Waals surface area contributed by atoms with Gasteiger partial charge < -0.3 is 5.32 Å². The molecule has 0 saturated carbocycles. The summed E-state index contributed by atoms with van der Waals surface area (Å²) in [6, 6.07) is 19.5. The minimum atomic E-state index is -3.99. The summed E-state index contributed by atoms with van der Waals surface area (Å²) in [5.41, 5.74) is 1.80. The smallest absolute Gasteiger partial charge is 0.261 e. The Morgan fingerprint density at radius 1 is 0.842 bits per heavy atom. The first-order valence-electron chi connectivity index (χ1n) is 11.2. The molecule has 0 aliphatic rings. The highest BCUT2D eigenvalue weighted by Gasteiger charge is 2.21. The van der Waals surface area contributed by atoms with Gasteiger partial charge in [0.2, 0.25) is 10.0 Å². The van der Waals surface area contributed by atoms with E-state index in [-0.39, 0.29) is 27.6 Å². The molecule has 4 aromatic rings. The van der Waals surface area contributed by atoms with E-state index in [1.165, 1.54) is 54.6 Å². The van der Waals surface area contributed by atoms with Gasteiger partial charge in [-0.3, -0.25) is 14.5 Å². The predicted molar refractivity (Wildman–Crippen MR) is 146 cm³/mol. The molecular weight excluding hydrogens is 548 g/mol. The summed E-state index contributed by atoms with van der Waals surface area (Å²) >= 11 is 5.85. The summed E-state index contributed by atoms with van der Waals surface area (Å²) in [6.07, 6.45) is 3.16. The summed E-state index contributed by atoms with van der Waals surface area (Å²) < 4.78 is 56.0. The number of hydrogen-bond acceptors (Lipinski definition) is 6. The van der Waals surface area contributed by atoms with Gasteiger partial charge in [-0.15, -0.1) is 0 Å². The zero-order chi connectivity index (χ0) is 27.3. The molecule has 0 fully saturated rings. The maximum absolute atomic E-state index is 13.2. The quantitative estimate of drug-likeness (QED) is 0.270. The molecule has 1 heterocycles. The molecule has 0 saturated heterocycles. The van der Waals surface area contributed by atoms with Gasteiger partial charge in [0.15, 0.2) is 0 Å². The largest absolute Gasteiger partial charge is 0.322 e. The molecule has 3 N–H and O–H groups in total. The lowest BCUT2D eigenvalue weighted by molar-refractivity contribution is 0.102. The third-order valence-corrected chi connectivity index (χ3v) is 8.53. The van der Waals surface area contributed by atoms with E-state index in [1.807, 2.05) is 0 Å². The summed E-state index contributed by atoms with van der Waals surface area (Å²) in [4.78, 5) is 17.1. The van der Waals surface area contributed by atoms with Gasteiger partial charge in [-0.25, -0.2) is 21.6 Å². The van der Waals surface area contributed by atoms with Crippen LogP contribution in [0.15, 0.2) is 101 Å². The number of rotatable bonds is 9. The predicted octanol–water partition coefficient (Wildman–Crippen LogP) is 4.58. The van der Waals surface area contributed by atoms with E-state index in [0.29, 0.717) is 21.8 Å². The first-order chi connectivity index (χ1) is 18.0. The molecule has 0 spiro atoms. The number of nitrogens with one attached hydrogen (secondary N) is 3. The Labute approximate surface area is 226 Å². The van der Waals surface area contributed by atoms with E-state index in [1.54, 1.807) is 43.6 Å². The van der Waals surface area contributed by atoms with Crippen LogP contribution in [0, 0.1) is 6.92 Å². The molecule has 3 aromatic carbocycles. The summed E-state index contributed by atoms with van der Waals surface area (Å²) in [5.74, 6) is -0.567. The Morgan fingerprint density at radius 2 is 1.50 bits per heavy atom. The molecule has 0 unspecified atom stereocenters. The van der Waals surface area contributed by atoms with Crippen molar-refractivity contribution in [2.45, 2.75) is 23.3 Å². The average molecular weight is 571 g/mol. The number of aryl methyl sites for hydroxylation is 1. The first-order valence-corrected chi connectivity index (χ1v) is 14.6. The van der Waals surface area contributed by atoms with Gasteiger partial charge in [0.25, 0.3) is 15.9 Å². The van der Waals surface area contributed by atoms with Crippen LogP contribution in [0.3, 0.4) is 0 Å². The van der Waals surface area contributed by atoms with Crippen LogP contribution in [0.1, 0.15) is 21.5 Å². The molecule has 38 heavy (non-hydrogen) atoms. The highest BCUT2D eigenvalue weighted by molar-refractivity contribution is 7.92. The van der Waals surface area contributed by atoms with E-state index in [2.05, 4.69) is 19.7 Å². The maximum Gasteiger partial charge on any atom is 0.261 e. The lowest BCUT2D eigenvalue weighted by atomic mass is 10.1. The average Bonchev–Trinajstić information content (AvgIpc) is 2.88. The van der Waals surface area contributed by atoms with Crippen molar-refractivity contribution in [3.63, 3.8) is 0 Å². The molecule has 1 aromatic heterocycles. The fourth-order valence-corrected chi connectivity index (χ4v) is 5.76. The van der Waals surface area contributed by atoms with Crippen LogP contribution in [0.2, 0.25) is 5.02 Å². The Bertz CT molecular complexity index is 1660. The number of benzene rings is 3. The van der Waals surface area contributed by atoms with Gasteiger partial charge in [0.1, 0.15) is 0 Å². The molecule has 0 bridgehead atoms. The fraction of sp³-hybridized carbons (Fsp3) is 0.0769. The van der Waals surface area contributed by atoms with Crippen molar-refractivity contribution in [2.24, 2.45) is 0 Å². The topological polar surface area (TPSA) is 134 Å². The molecule has 0 aliphatic heterocycles. The second kappa shape index (κ2) is 11.3. The molecule has 0 aliphatic carbocycles. The van der Waals surface area contributed by atoms with Crippen molar-refractivity contribution in [2.75, 3.05) is 10.0 Å². The SMILES string of the molecule is Cc1cccc(NS(=O)(=O)c2ccc(Cl)cc2)c1C(=O)Nc1ccc(S(=O)(=O)NCc2cccnc2)cc1. The number of carbonyl (C=O) groups excluding carboxylic acids is 1. The number of carbonyl (C=O) groups is 1. The number of nitrogens with zero attached hydrogens (tertiary/aromatic N) is 1. The highest BCUT2D eigenvalue weighted by Crippen LogP contribution is 2.25.